The first-order valence-electron chi connectivity index (χ1n) is 5.48. The normalized spacial score (nSPS) is 14.2. The first-order valence-corrected chi connectivity index (χ1v) is 5.48. The minimum Gasteiger partial charge on any atom is -0.481 e. The smallest absolute Gasteiger partial charge is 0.308 e. The van der Waals surface area contributed by atoms with Gasteiger partial charge >= 0.3 is 5.97 Å². The first kappa shape index (κ1) is 12.6. The monoisotopic (exact) mass is 221 g/mol. The standard InChI is InChI=1S/C13H19NO2/c1-8-5-6-9(2)12(7-8)14-11(4)10(3)13(15)16/h5-7,10-11,14H,1-4H3,(H,15,16). The van der Waals surface area contributed by atoms with E-state index in [9.17, 15) is 4.79 Å². The van der Waals surface area contributed by atoms with Crippen LogP contribution in [0.5, 0.6) is 0 Å². The SMILES string of the molecule is Cc1ccc(C)c(NC(C)C(C)C(=O)O)c1. The molecule has 0 amide bonds. The molecular formula is C13H19NO2. The molecule has 2 atom stereocenters. The minimum absolute atomic E-state index is 0.0852. The van der Waals surface area contributed by atoms with Crippen LogP contribution in [0.3, 0.4) is 0 Å². The lowest BCUT2D eigenvalue weighted by molar-refractivity contribution is -0.141. The van der Waals surface area contributed by atoms with Gasteiger partial charge in [-0.2, -0.15) is 0 Å². The van der Waals surface area contributed by atoms with Crippen LogP contribution in [-0.2, 0) is 4.79 Å². The Morgan fingerprint density at radius 1 is 1.31 bits per heavy atom. The lowest BCUT2D eigenvalue weighted by Gasteiger charge is -2.20. The molecule has 0 heterocycles. The molecule has 2 N–H and O–H groups in total. The maximum atomic E-state index is 10.8. The van der Waals surface area contributed by atoms with E-state index in [1.165, 1.54) is 5.56 Å². The number of hydrogen-bond donors (Lipinski definition) is 2. The molecule has 0 aliphatic heterocycles. The maximum Gasteiger partial charge on any atom is 0.308 e. The third-order valence-electron chi connectivity index (χ3n) is 2.92. The lowest BCUT2D eigenvalue weighted by atomic mass is 10.0. The van der Waals surface area contributed by atoms with E-state index >= 15 is 0 Å². The van der Waals surface area contributed by atoms with Crippen LogP contribution in [0.15, 0.2) is 18.2 Å². The third-order valence-corrected chi connectivity index (χ3v) is 2.92. The van der Waals surface area contributed by atoms with E-state index in [1.54, 1.807) is 6.92 Å². The van der Waals surface area contributed by atoms with Crippen molar-refractivity contribution in [2.75, 3.05) is 5.32 Å². The summed E-state index contributed by atoms with van der Waals surface area (Å²) in [5, 5.41) is 12.2. The molecule has 0 aromatic heterocycles. The van der Waals surface area contributed by atoms with Crippen molar-refractivity contribution in [1.82, 2.24) is 0 Å². The highest BCUT2D eigenvalue weighted by molar-refractivity contribution is 5.71. The molecule has 0 bridgehead atoms. The molecule has 0 aliphatic carbocycles. The summed E-state index contributed by atoms with van der Waals surface area (Å²) in [6, 6.07) is 6.04. The summed E-state index contributed by atoms with van der Waals surface area (Å²) in [6.45, 7) is 7.64. The Kier molecular flexibility index (Phi) is 3.93. The van der Waals surface area contributed by atoms with Gasteiger partial charge in [-0.3, -0.25) is 4.79 Å². The summed E-state index contributed by atoms with van der Waals surface area (Å²) in [4.78, 5) is 10.8. The number of nitrogens with one attached hydrogen (secondary N) is 1. The maximum absolute atomic E-state index is 10.8. The average molecular weight is 221 g/mol. The van der Waals surface area contributed by atoms with Crippen molar-refractivity contribution in [2.24, 2.45) is 5.92 Å². The molecule has 1 rings (SSSR count). The fourth-order valence-corrected chi connectivity index (χ4v) is 1.48. The van der Waals surface area contributed by atoms with Gasteiger partial charge in [0.15, 0.2) is 0 Å². The van der Waals surface area contributed by atoms with Crippen molar-refractivity contribution in [2.45, 2.75) is 33.7 Å². The van der Waals surface area contributed by atoms with Crippen molar-refractivity contribution in [3.05, 3.63) is 29.3 Å². The van der Waals surface area contributed by atoms with Gasteiger partial charge in [0.25, 0.3) is 0 Å². The Labute approximate surface area is 96.5 Å². The van der Waals surface area contributed by atoms with Crippen molar-refractivity contribution >= 4 is 11.7 Å². The van der Waals surface area contributed by atoms with Crippen molar-refractivity contribution in [3.63, 3.8) is 0 Å². The number of aliphatic carboxylic acids is 1. The van der Waals surface area contributed by atoms with Crippen LogP contribution in [0.1, 0.15) is 25.0 Å². The van der Waals surface area contributed by atoms with Crippen LogP contribution in [0.25, 0.3) is 0 Å². The Balaban J connectivity index is 2.80. The van der Waals surface area contributed by atoms with Gasteiger partial charge in [-0.15, -0.1) is 0 Å². The van der Waals surface area contributed by atoms with Gasteiger partial charge in [0.05, 0.1) is 5.92 Å². The van der Waals surface area contributed by atoms with Gasteiger partial charge in [-0.1, -0.05) is 12.1 Å². The first-order chi connectivity index (χ1) is 7.41. The molecular weight excluding hydrogens is 202 g/mol. The van der Waals surface area contributed by atoms with E-state index in [0.29, 0.717) is 0 Å². The molecule has 3 heteroatoms. The van der Waals surface area contributed by atoms with Gasteiger partial charge in [0.1, 0.15) is 0 Å². The van der Waals surface area contributed by atoms with Crippen molar-refractivity contribution in [3.8, 4) is 0 Å². The van der Waals surface area contributed by atoms with Crippen LogP contribution in [0.4, 0.5) is 5.69 Å². The van der Waals surface area contributed by atoms with Gasteiger partial charge in [-0.25, -0.2) is 0 Å². The Bertz CT molecular complexity index is 388. The predicted octanol–water partition coefficient (Wildman–Crippen LogP) is 2.82. The number of benzene rings is 1. The zero-order valence-electron chi connectivity index (χ0n) is 10.2. The number of carboxylic acids is 1. The molecule has 0 radical (unpaired) electrons. The number of carbonyl (C=O) groups is 1. The zero-order valence-corrected chi connectivity index (χ0v) is 10.2. The zero-order chi connectivity index (χ0) is 12.3. The van der Waals surface area contributed by atoms with Crippen LogP contribution in [0, 0.1) is 19.8 Å². The van der Waals surface area contributed by atoms with E-state index in [-0.39, 0.29) is 6.04 Å². The lowest BCUT2D eigenvalue weighted by Crippen LogP contribution is -2.29. The molecule has 0 saturated heterocycles. The molecule has 1 aromatic carbocycles. The summed E-state index contributed by atoms with van der Waals surface area (Å²) in [5.41, 5.74) is 3.32. The van der Waals surface area contributed by atoms with Crippen molar-refractivity contribution < 1.29 is 9.90 Å². The van der Waals surface area contributed by atoms with Gasteiger partial charge in [-0.05, 0) is 44.9 Å². The van der Waals surface area contributed by atoms with Crippen LogP contribution >= 0.6 is 0 Å². The summed E-state index contributed by atoms with van der Waals surface area (Å²) < 4.78 is 0. The molecule has 1 aromatic rings. The van der Waals surface area contributed by atoms with Gasteiger partial charge < -0.3 is 10.4 Å². The highest BCUT2D eigenvalue weighted by Crippen LogP contribution is 2.19. The summed E-state index contributed by atoms with van der Waals surface area (Å²) in [6.07, 6.45) is 0. The van der Waals surface area contributed by atoms with E-state index in [2.05, 4.69) is 5.32 Å². The molecule has 88 valence electrons. The Hall–Kier alpha value is -1.51. The molecule has 0 spiro atoms. The average Bonchev–Trinajstić information content (AvgIpc) is 2.22. The van der Waals surface area contributed by atoms with Gasteiger partial charge in [0, 0.05) is 11.7 Å². The van der Waals surface area contributed by atoms with Crippen molar-refractivity contribution in [1.29, 1.82) is 0 Å². The molecule has 0 fully saturated rings. The Morgan fingerprint density at radius 3 is 2.50 bits per heavy atom. The molecule has 0 aliphatic rings. The van der Waals surface area contributed by atoms with E-state index in [1.807, 2.05) is 39.0 Å². The molecule has 16 heavy (non-hydrogen) atoms. The number of anilines is 1. The molecule has 2 unspecified atom stereocenters. The largest absolute Gasteiger partial charge is 0.481 e. The quantitative estimate of drug-likeness (QED) is 0.822. The van der Waals surface area contributed by atoms with E-state index < -0.39 is 11.9 Å². The van der Waals surface area contributed by atoms with Crippen LogP contribution in [0.2, 0.25) is 0 Å². The summed E-state index contributed by atoms with van der Waals surface area (Å²) >= 11 is 0. The van der Waals surface area contributed by atoms with E-state index in [0.717, 1.165) is 11.3 Å². The fourth-order valence-electron chi connectivity index (χ4n) is 1.48. The van der Waals surface area contributed by atoms with E-state index in [4.69, 9.17) is 5.11 Å². The topological polar surface area (TPSA) is 49.3 Å². The number of hydrogen-bond acceptors (Lipinski definition) is 2. The number of rotatable bonds is 4. The van der Waals surface area contributed by atoms with Gasteiger partial charge in [0.2, 0.25) is 0 Å². The highest BCUT2D eigenvalue weighted by Gasteiger charge is 2.19. The minimum atomic E-state index is -0.773. The summed E-state index contributed by atoms with van der Waals surface area (Å²) in [7, 11) is 0. The predicted molar refractivity (Wildman–Crippen MR) is 65.8 cm³/mol. The highest BCUT2D eigenvalue weighted by atomic mass is 16.4. The molecule has 3 nitrogen and oxygen atoms in total. The second-order valence-electron chi connectivity index (χ2n) is 4.38. The van der Waals surface area contributed by atoms with Crippen LogP contribution < -0.4 is 5.32 Å². The second-order valence-corrected chi connectivity index (χ2v) is 4.38. The second kappa shape index (κ2) is 5.01. The fraction of sp³-hybridized carbons (Fsp3) is 0.462. The summed E-state index contributed by atoms with van der Waals surface area (Å²) in [5.74, 6) is -1.18. The van der Waals surface area contributed by atoms with Crippen LogP contribution in [-0.4, -0.2) is 17.1 Å². The Morgan fingerprint density at radius 2 is 1.94 bits per heavy atom. The third kappa shape index (κ3) is 2.99. The number of aryl methyl sites for hydroxylation is 2. The number of carboxylic acid groups (broad SMARTS) is 1. The molecule has 0 saturated carbocycles.